The van der Waals surface area contributed by atoms with E-state index >= 15 is 0 Å². The monoisotopic (exact) mass is 222 g/mol. The van der Waals surface area contributed by atoms with Crippen molar-refractivity contribution < 1.29 is 25.5 Å². The van der Waals surface area contributed by atoms with Crippen LogP contribution in [0.15, 0.2) is 0 Å². The van der Waals surface area contributed by atoms with Crippen LogP contribution in [-0.2, 0) is 0 Å². The Labute approximate surface area is 90.0 Å². The van der Waals surface area contributed by atoms with Crippen LogP contribution in [0.25, 0.3) is 0 Å². The molecule has 4 unspecified atom stereocenters. The molecule has 0 rings (SSSR count). The van der Waals surface area contributed by atoms with E-state index in [0.29, 0.717) is 12.3 Å². The molecule has 15 heavy (non-hydrogen) atoms. The summed E-state index contributed by atoms with van der Waals surface area (Å²) < 4.78 is 0. The molecule has 0 aliphatic heterocycles. The zero-order valence-electron chi connectivity index (χ0n) is 9.24. The van der Waals surface area contributed by atoms with Crippen molar-refractivity contribution in [3.63, 3.8) is 0 Å². The van der Waals surface area contributed by atoms with Gasteiger partial charge in [0.25, 0.3) is 0 Å². The van der Waals surface area contributed by atoms with Crippen molar-refractivity contribution in [2.45, 2.75) is 51.1 Å². The number of aliphatic hydroxyl groups excluding tert-OH is 5. The van der Waals surface area contributed by atoms with Crippen LogP contribution in [0.2, 0.25) is 0 Å². The van der Waals surface area contributed by atoms with Crippen molar-refractivity contribution in [3.8, 4) is 0 Å². The lowest BCUT2D eigenvalue weighted by Gasteiger charge is -2.25. The summed E-state index contributed by atoms with van der Waals surface area (Å²) in [5, 5.41) is 45.8. The second-order valence-electron chi connectivity index (χ2n) is 4.27. The summed E-state index contributed by atoms with van der Waals surface area (Å²) in [7, 11) is 0. The van der Waals surface area contributed by atoms with Gasteiger partial charge in [-0.1, -0.05) is 13.8 Å². The van der Waals surface area contributed by atoms with Gasteiger partial charge >= 0.3 is 0 Å². The Balaban J connectivity index is 4.01. The van der Waals surface area contributed by atoms with E-state index < -0.39 is 31.0 Å². The van der Waals surface area contributed by atoms with Crippen LogP contribution in [0.1, 0.15) is 26.7 Å². The first kappa shape index (κ1) is 14.8. The van der Waals surface area contributed by atoms with E-state index in [1.165, 1.54) is 0 Å². The van der Waals surface area contributed by atoms with Crippen molar-refractivity contribution in [2.24, 2.45) is 5.92 Å². The van der Waals surface area contributed by atoms with Crippen molar-refractivity contribution in [1.82, 2.24) is 0 Å². The van der Waals surface area contributed by atoms with Gasteiger partial charge in [0.05, 0.1) is 12.7 Å². The molecule has 0 aromatic heterocycles. The fourth-order valence-electron chi connectivity index (χ4n) is 1.24. The van der Waals surface area contributed by atoms with Gasteiger partial charge in [0.15, 0.2) is 0 Å². The van der Waals surface area contributed by atoms with Crippen LogP contribution >= 0.6 is 0 Å². The van der Waals surface area contributed by atoms with Gasteiger partial charge in [0, 0.05) is 0 Å². The molecule has 0 radical (unpaired) electrons. The summed E-state index contributed by atoms with van der Waals surface area (Å²) in [6.45, 7) is 3.32. The first-order valence-corrected chi connectivity index (χ1v) is 5.23. The van der Waals surface area contributed by atoms with E-state index in [1.54, 1.807) is 0 Å². The van der Waals surface area contributed by atoms with Crippen molar-refractivity contribution in [2.75, 3.05) is 6.61 Å². The van der Waals surface area contributed by atoms with E-state index in [-0.39, 0.29) is 0 Å². The third-order valence-electron chi connectivity index (χ3n) is 2.37. The largest absolute Gasteiger partial charge is 0.394 e. The first-order valence-electron chi connectivity index (χ1n) is 5.23. The Morgan fingerprint density at radius 3 is 1.67 bits per heavy atom. The molecule has 0 aromatic rings. The van der Waals surface area contributed by atoms with Gasteiger partial charge in [-0.3, -0.25) is 0 Å². The Morgan fingerprint density at radius 2 is 1.27 bits per heavy atom. The highest BCUT2D eigenvalue weighted by molar-refractivity contribution is 4.80. The predicted octanol–water partition coefficient (Wildman–Crippen LogP) is -1.14. The third-order valence-corrected chi connectivity index (χ3v) is 2.37. The van der Waals surface area contributed by atoms with Gasteiger partial charge in [-0.25, -0.2) is 0 Å². The molecule has 0 amide bonds. The predicted molar refractivity (Wildman–Crippen MR) is 55.2 cm³/mol. The molecule has 4 atom stereocenters. The fraction of sp³-hybridized carbons (Fsp3) is 1.00. The molecule has 5 heteroatoms. The fourth-order valence-corrected chi connectivity index (χ4v) is 1.24. The van der Waals surface area contributed by atoms with Crippen LogP contribution in [0, 0.1) is 5.92 Å². The zero-order chi connectivity index (χ0) is 12.0. The minimum Gasteiger partial charge on any atom is -0.394 e. The minimum absolute atomic E-state index is 0.355. The standard InChI is InChI=1S/C10H22O5/c1-6(2)3-4-7(12)9(14)10(15)8(13)5-11/h6-15H,3-5H2,1-2H3. The Morgan fingerprint density at radius 1 is 0.800 bits per heavy atom. The number of rotatable bonds is 7. The van der Waals surface area contributed by atoms with Crippen molar-refractivity contribution >= 4 is 0 Å². The number of hydrogen-bond donors (Lipinski definition) is 5. The molecular weight excluding hydrogens is 200 g/mol. The number of aliphatic hydroxyl groups is 5. The molecule has 5 nitrogen and oxygen atoms in total. The average Bonchev–Trinajstić information content (AvgIpc) is 2.22. The van der Waals surface area contributed by atoms with Crippen molar-refractivity contribution in [1.29, 1.82) is 0 Å². The topological polar surface area (TPSA) is 101 Å². The Bertz CT molecular complexity index is 162. The van der Waals surface area contributed by atoms with Gasteiger partial charge in [0.2, 0.25) is 0 Å². The lowest BCUT2D eigenvalue weighted by molar-refractivity contribution is -0.116. The molecule has 0 aliphatic rings. The van der Waals surface area contributed by atoms with Gasteiger partial charge < -0.3 is 25.5 Å². The summed E-state index contributed by atoms with van der Waals surface area (Å²) in [5.74, 6) is 0.395. The summed E-state index contributed by atoms with van der Waals surface area (Å²) in [6.07, 6.45) is -4.37. The van der Waals surface area contributed by atoms with Crippen LogP contribution < -0.4 is 0 Å². The Hall–Kier alpha value is -0.200. The summed E-state index contributed by atoms with van der Waals surface area (Å²) in [6, 6.07) is 0. The average molecular weight is 222 g/mol. The highest BCUT2D eigenvalue weighted by Crippen LogP contribution is 2.13. The first-order chi connectivity index (χ1) is 6.90. The zero-order valence-corrected chi connectivity index (χ0v) is 9.24. The maximum absolute atomic E-state index is 9.48. The minimum atomic E-state index is -1.52. The third kappa shape index (κ3) is 5.44. The van der Waals surface area contributed by atoms with Crippen LogP contribution in [0.4, 0.5) is 0 Å². The summed E-state index contributed by atoms with van der Waals surface area (Å²) in [4.78, 5) is 0. The smallest absolute Gasteiger partial charge is 0.110 e. The second-order valence-corrected chi connectivity index (χ2v) is 4.27. The second kappa shape index (κ2) is 7.14. The molecule has 0 aliphatic carbocycles. The lowest BCUT2D eigenvalue weighted by atomic mass is 9.97. The normalized spacial score (nSPS) is 20.0. The van der Waals surface area contributed by atoms with Gasteiger partial charge in [-0.2, -0.15) is 0 Å². The van der Waals surface area contributed by atoms with E-state index in [9.17, 15) is 15.3 Å². The molecule has 5 N–H and O–H groups in total. The molecule has 0 spiro atoms. The summed E-state index contributed by atoms with van der Waals surface area (Å²) in [5.41, 5.74) is 0. The molecule has 0 aromatic carbocycles. The van der Waals surface area contributed by atoms with E-state index in [0.717, 1.165) is 6.42 Å². The lowest BCUT2D eigenvalue weighted by Crippen LogP contribution is -2.45. The van der Waals surface area contributed by atoms with Crippen molar-refractivity contribution in [3.05, 3.63) is 0 Å². The molecule has 0 fully saturated rings. The Kier molecular flexibility index (Phi) is 7.04. The van der Waals surface area contributed by atoms with E-state index in [2.05, 4.69) is 0 Å². The quantitative estimate of drug-likeness (QED) is 0.375. The van der Waals surface area contributed by atoms with Crippen LogP contribution in [0.5, 0.6) is 0 Å². The van der Waals surface area contributed by atoms with Gasteiger partial charge in [-0.05, 0) is 18.8 Å². The molecule has 0 saturated heterocycles. The highest BCUT2D eigenvalue weighted by atomic mass is 16.4. The molecule has 0 heterocycles. The molecule has 92 valence electrons. The van der Waals surface area contributed by atoms with Gasteiger partial charge in [-0.15, -0.1) is 0 Å². The van der Waals surface area contributed by atoms with Crippen LogP contribution in [0.3, 0.4) is 0 Å². The number of hydrogen-bond acceptors (Lipinski definition) is 5. The molecular formula is C10H22O5. The highest BCUT2D eigenvalue weighted by Gasteiger charge is 2.29. The van der Waals surface area contributed by atoms with E-state index in [1.807, 2.05) is 13.8 Å². The molecule has 0 saturated carbocycles. The maximum atomic E-state index is 9.48. The SMILES string of the molecule is CC(C)CCC(O)C(O)C(O)C(O)CO. The van der Waals surface area contributed by atoms with E-state index in [4.69, 9.17) is 10.2 Å². The maximum Gasteiger partial charge on any atom is 0.110 e. The van der Waals surface area contributed by atoms with Gasteiger partial charge in [0.1, 0.15) is 18.3 Å². The molecule has 0 bridgehead atoms. The summed E-state index contributed by atoms with van der Waals surface area (Å²) >= 11 is 0. The van der Waals surface area contributed by atoms with Crippen LogP contribution in [-0.4, -0.2) is 56.6 Å².